The number of rotatable bonds is 6. The predicted molar refractivity (Wildman–Crippen MR) is 80.9 cm³/mol. The number of oxime groups is 1. The van der Waals surface area contributed by atoms with E-state index in [4.69, 9.17) is 20.4 Å². The van der Waals surface area contributed by atoms with Crippen LogP contribution in [0, 0.1) is 0 Å². The van der Waals surface area contributed by atoms with Gasteiger partial charge in [-0.05, 0) is 30.7 Å². The van der Waals surface area contributed by atoms with E-state index in [0.717, 1.165) is 38.4 Å². The van der Waals surface area contributed by atoms with Crippen LogP contribution in [-0.4, -0.2) is 54.9 Å². The molecule has 1 fully saturated rings. The molecule has 1 aliphatic heterocycles. The van der Waals surface area contributed by atoms with Crippen LogP contribution >= 0.6 is 0 Å². The number of amidine groups is 1. The van der Waals surface area contributed by atoms with E-state index in [-0.39, 0.29) is 5.84 Å². The minimum absolute atomic E-state index is 0.0977. The van der Waals surface area contributed by atoms with Crippen molar-refractivity contribution in [3.63, 3.8) is 0 Å². The van der Waals surface area contributed by atoms with Gasteiger partial charge in [0.05, 0.1) is 12.7 Å². The first-order chi connectivity index (χ1) is 10.2. The number of nitrogens with zero attached hydrogens (tertiary/aromatic N) is 2. The van der Waals surface area contributed by atoms with Gasteiger partial charge in [0.15, 0.2) is 5.84 Å². The van der Waals surface area contributed by atoms with Crippen LogP contribution < -0.4 is 10.5 Å². The van der Waals surface area contributed by atoms with Gasteiger partial charge in [-0.1, -0.05) is 12.1 Å². The van der Waals surface area contributed by atoms with Crippen molar-refractivity contribution in [3.05, 3.63) is 29.8 Å². The first-order valence-corrected chi connectivity index (χ1v) is 7.27. The van der Waals surface area contributed by atoms with Gasteiger partial charge >= 0.3 is 0 Å². The van der Waals surface area contributed by atoms with Gasteiger partial charge in [0.2, 0.25) is 0 Å². The Morgan fingerprint density at radius 3 is 2.90 bits per heavy atom. The van der Waals surface area contributed by atoms with E-state index in [1.807, 2.05) is 12.1 Å². The summed E-state index contributed by atoms with van der Waals surface area (Å²) >= 11 is 0. The molecule has 1 unspecified atom stereocenters. The summed E-state index contributed by atoms with van der Waals surface area (Å²) in [7, 11) is 0. The number of hydrogen-bond acceptors (Lipinski definition) is 5. The summed E-state index contributed by atoms with van der Waals surface area (Å²) in [5.41, 5.74) is 6.18. The molecule has 0 radical (unpaired) electrons. The monoisotopic (exact) mass is 293 g/mol. The van der Waals surface area contributed by atoms with Crippen LogP contribution in [-0.2, 0) is 4.74 Å². The van der Waals surface area contributed by atoms with Crippen LogP contribution in [0.25, 0.3) is 0 Å². The molecule has 1 aromatic carbocycles. The number of hydrogen-bond donors (Lipinski definition) is 2. The molecule has 3 N–H and O–H groups in total. The largest absolute Gasteiger partial charge is 0.492 e. The first-order valence-electron chi connectivity index (χ1n) is 7.27. The maximum Gasteiger partial charge on any atom is 0.170 e. The minimum Gasteiger partial charge on any atom is -0.492 e. The molecule has 1 aliphatic rings. The maximum absolute atomic E-state index is 8.60. The highest BCUT2D eigenvalue weighted by atomic mass is 16.5. The third-order valence-electron chi connectivity index (χ3n) is 3.61. The third-order valence-corrected chi connectivity index (χ3v) is 3.61. The molecule has 0 aromatic heterocycles. The average molecular weight is 293 g/mol. The molecule has 0 aliphatic carbocycles. The molecular weight excluding hydrogens is 270 g/mol. The van der Waals surface area contributed by atoms with Gasteiger partial charge in [-0.3, -0.25) is 4.90 Å². The van der Waals surface area contributed by atoms with Crippen molar-refractivity contribution in [2.75, 3.05) is 32.8 Å². The summed E-state index contributed by atoms with van der Waals surface area (Å²) in [6.45, 7) is 6.41. The van der Waals surface area contributed by atoms with Crippen molar-refractivity contribution >= 4 is 5.84 Å². The summed E-state index contributed by atoms with van der Waals surface area (Å²) in [5, 5.41) is 11.6. The van der Waals surface area contributed by atoms with E-state index < -0.39 is 0 Å². The Kier molecular flexibility index (Phi) is 5.83. The fourth-order valence-corrected chi connectivity index (χ4v) is 2.30. The second kappa shape index (κ2) is 7.85. The Morgan fingerprint density at radius 1 is 1.48 bits per heavy atom. The van der Waals surface area contributed by atoms with Crippen molar-refractivity contribution in [2.24, 2.45) is 10.9 Å². The molecular formula is C15H23N3O3. The van der Waals surface area contributed by atoms with Crippen molar-refractivity contribution in [1.82, 2.24) is 4.90 Å². The molecule has 6 heteroatoms. The average Bonchev–Trinajstić information content (AvgIpc) is 2.55. The Labute approximate surface area is 125 Å². The van der Waals surface area contributed by atoms with Gasteiger partial charge < -0.3 is 20.4 Å². The van der Waals surface area contributed by atoms with Crippen molar-refractivity contribution < 1.29 is 14.7 Å². The molecule has 0 bridgehead atoms. The molecule has 1 atom stereocenters. The molecule has 0 saturated carbocycles. The fourth-order valence-electron chi connectivity index (χ4n) is 2.30. The Hall–Kier alpha value is -1.79. The van der Waals surface area contributed by atoms with Gasteiger partial charge in [0, 0.05) is 25.2 Å². The molecule has 1 aromatic rings. The zero-order chi connectivity index (χ0) is 15.1. The van der Waals surface area contributed by atoms with E-state index in [1.54, 1.807) is 12.1 Å². The molecule has 0 amide bonds. The Morgan fingerprint density at radius 2 is 2.24 bits per heavy atom. The lowest BCUT2D eigenvalue weighted by atomic mass is 10.2. The van der Waals surface area contributed by atoms with E-state index in [0.29, 0.717) is 18.3 Å². The normalized spacial score (nSPS) is 20.4. The predicted octanol–water partition coefficient (Wildman–Crippen LogP) is 1.27. The lowest BCUT2D eigenvalue weighted by Crippen LogP contribution is -2.43. The third kappa shape index (κ3) is 4.61. The van der Waals surface area contributed by atoms with Crippen LogP contribution in [0.15, 0.2) is 29.4 Å². The van der Waals surface area contributed by atoms with E-state index in [9.17, 15) is 0 Å². The molecule has 1 saturated heterocycles. The molecule has 6 nitrogen and oxygen atoms in total. The van der Waals surface area contributed by atoms with Gasteiger partial charge in [-0.15, -0.1) is 0 Å². The highest BCUT2D eigenvalue weighted by Gasteiger charge is 2.18. The van der Waals surface area contributed by atoms with Crippen molar-refractivity contribution in [3.8, 4) is 5.75 Å². The molecule has 21 heavy (non-hydrogen) atoms. The molecule has 116 valence electrons. The van der Waals surface area contributed by atoms with Crippen LogP contribution in [0.1, 0.15) is 18.9 Å². The van der Waals surface area contributed by atoms with Crippen molar-refractivity contribution in [1.29, 1.82) is 0 Å². The zero-order valence-corrected chi connectivity index (χ0v) is 12.4. The van der Waals surface area contributed by atoms with Crippen LogP contribution in [0.5, 0.6) is 5.75 Å². The van der Waals surface area contributed by atoms with Gasteiger partial charge in [-0.25, -0.2) is 0 Å². The summed E-state index contributed by atoms with van der Waals surface area (Å²) in [4.78, 5) is 2.36. The zero-order valence-electron chi connectivity index (χ0n) is 12.4. The Bertz CT molecular complexity index is 462. The van der Waals surface area contributed by atoms with Gasteiger partial charge in [0.25, 0.3) is 0 Å². The number of morpholine rings is 1. The smallest absolute Gasteiger partial charge is 0.170 e. The highest BCUT2D eigenvalue weighted by molar-refractivity contribution is 5.97. The highest BCUT2D eigenvalue weighted by Crippen LogP contribution is 2.13. The second-order valence-electron chi connectivity index (χ2n) is 5.06. The molecule has 1 heterocycles. The minimum atomic E-state index is 0.0977. The molecule has 0 spiro atoms. The van der Waals surface area contributed by atoms with Crippen molar-refractivity contribution in [2.45, 2.75) is 19.4 Å². The summed E-state index contributed by atoms with van der Waals surface area (Å²) in [6, 6.07) is 7.18. The van der Waals surface area contributed by atoms with Crippen LogP contribution in [0.4, 0.5) is 0 Å². The summed E-state index contributed by atoms with van der Waals surface area (Å²) < 4.78 is 11.4. The van der Waals surface area contributed by atoms with Crippen LogP contribution in [0.2, 0.25) is 0 Å². The lowest BCUT2D eigenvalue weighted by Gasteiger charge is -2.32. The van der Waals surface area contributed by atoms with Gasteiger partial charge in [-0.2, -0.15) is 0 Å². The Balaban J connectivity index is 1.75. The number of ether oxygens (including phenoxy) is 2. The van der Waals surface area contributed by atoms with E-state index in [1.165, 1.54) is 0 Å². The SMILES string of the molecule is CCC1CN(CCOc2ccc(C(N)=NO)cc2)CCO1. The van der Waals surface area contributed by atoms with Gasteiger partial charge in [0.1, 0.15) is 12.4 Å². The van der Waals surface area contributed by atoms with Crippen LogP contribution in [0.3, 0.4) is 0 Å². The quantitative estimate of drug-likeness (QED) is 0.357. The van der Waals surface area contributed by atoms with E-state index in [2.05, 4.69) is 17.0 Å². The molecule has 2 rings (SSSR count). The topological polar surface area (TPSA) is 80.3 Å². The number of benzene rings is 1. The summed E-state index contributed by atoms with van der Waals surface area (Å²) in [5.74, 6) is 0.880. The summed E-state index contributed by atoms with van der Waals surface area (Å²) in [6.07, 6.45) is 1.39. The lowest BCUT2D eigenvalue weighted by molar-refractivity contribution is -0.0324. The van der Waals surface area contributed by atoms with E-state index >= 15 is 0 Å². The fraction of sp³-hybridized carbons (Fsp3) is 0.533. The second-order valence-corrected chi connectivity index (χ2v) is 5.06. The number of nitrogens with two attached hydrogens (primary N) is 1. The maximum atomic E-state index is 8.60. The first kappa shape index (κ1) is 15.6. The standard InChI is InChI=1S/C15H23N3O3/c1-2-13-11-18(7-9-20-13)8-10-21-14-5-3-12(4-6-14)15(16)17-19/h3-6,13,19H,2,7-11H2,1H3,(H2,16,17).